The van der Waals surface area contributed by atoms with Crippen molar-refractivity contribution in [3.05, 3.63) is 65.1 Å². The monoisotopic (exact) mass is 410 g/mol. The van der Waals surface area contributed by atoms with E-state index in [-0.39, 0.29) is 12.3 Å². The summed E-state index contributed by atoms with van der Waals surface area (Å²) in [7, 11) is 0. The van der Waals surface area contributed by atoms with E-state index in [0.717, 1.165) is 29.5 Å². The number of thiocarbonyl (C=S) groups is 1. The third-order valence-corrected chi connectivity index (χ3v) is 5.83. The Morgan fingerprint density at radius 2 is 1.68 bits per heavy atom. The van der Waals surface area contributed by atoms with Crippen LogP contribution < -0.4 is 5.11 Å². The number of hydrogen-bond donors (Lipinski definition) is 0. The molecule has 0 unspecified atom stereocenters. The molecule has 144 valence electrons. The molecule has 0 aliphatic carbocycles. The van der Waals surface area contributed by atoms with Crippen molar-refractivity contribution in [2.75, 3.05) is 6.54 Å². The third-order valence-electron chi connectivity index (χ3n) is 4.45. The number of carbonyl (C=O) groups is 2. The Labute approximate surface area is 174 Å². The molecule has 0 aromatic heterocycles. The second-order valence-electron chi connectivity index (χ2n) is 6.50. The fraction of sp³-hybridized carbons (Fsp3) is 0.227. The Hall–Kier alpha value is -2.44. The number of aliphatic carboxylic acids is 1. The first-order valence-electron chi connectivity index (χ1n) is 9.15. The van der Waals surface area contributed by atoms with Gasteiger partial charge in [-0.15, -0.1) is 0 Å². The van der Waals surface area contributed by atoms with Gasteiger partial charge in [0.05, 0.1) is 4.91 Å². The van der Waals surface area contributed by atoms with Crippen molar-refractivity contribution in [1.29, 1.82) is 0 Å². The zero-order chi connectivity index (χ0) is 19.9. The van der Waals surface area contributed by atoms with Crippen LogP contribution >= 0.6 is 24.0 Å². The van der Waals surface area contributed by atoms with Gasteiger partial charge in [-0.1, -0.05) is 85.0 Å². The molecule has 0 atom stereocenters. The number of carboxylic acids is 1. The Kier molecular flexibility index (Phi) is 7.01. The zero-order valence-electron chi connectivity index (χ0n) is 15.3. The number of rotatable bonds is 8. The van der Waals surface area contributed by atoms with Crippen molar-refractivity contribution in [3.8, 4) is 11.1 Å². The lowest BCUT2D eigenvalue weighted by molar-refractivity contribution is -0.305. The molecule has 0 N–H and O–H groups in total. The van der Waals surface area contributed by atoms with Crippen molar-refractivity contribution in [3.63, 3.8) is 0 Å². The van der Waals surface area contributed by atoms with Crippen LogP contribution in [-0.4, -0.2) is 27.6 Å². The van der Waals surface area contributed by atoms with Crippen LogP contribution in [0.2, 0.25) is 0 Å². The molecule has 0 radical (unpaired) electrons. The highest BCUT2D eigenvalue weighted by atomic mass is 32.2. The molecule has 1 aliphatic rings. The number of carbonyl (C=O) groups excluding carboxylic acids is 2. The minimum absolute atomic E-state index is 0.0528. The lowest BCUT2D eigenvalue weighted by atomic mass is 10.0. The Morgan fingerprint density at radius 3 is 2.36 bits per heavy atom. The molecule has 1 aliphatic heterocycles. The maximum atomic E-state index is 12.6. The van der Waals surface area contributed by atoms with Crippen molar-refractivity contribution >= 4 is 46.3 Å². The standard InChI is InChI=1S/C22H21NO3S2/c24-20(25)9-5-2-6-14-23-21(26)19(28-22(23)27)15-16-10-12-18(13-11-16)17-7-3-1-4-8-17/h1,3-4,7-8,10-13,15H,2,5-6,9,14H2,(H,24,25)/p-1/b19-15+. The van der Waals surface area contributed by atoms with Gasteiger partial charge in [-0.05, 0) is 42.0 Å². The summed E-state index contributed by atoms with van der Waals surface area (Å²) < 4.78 is 0.553. The highest BCUT2D eigenvalue weighted by molar-refractivity contribution is 8.26. The molecule has 1 amide bonds. The highest BCUT2D eigenvalue weighted by Gasteiger charge is 2.31. The summed E-state index contributed by atoms with van der Waals surface area (Å²) in [5, 5.41) is 10.4. The van der Waals surface area contributed by atoms with Crippen LogP contribution in [0.4, 0.5) is 0 Å². The summed E-state index contributed by atoms with van der Waals surface area (Å²) in [6, 6.07) is 18.2. The number of amides is 1. The SMILES string of the molecule is O=C([O-])CCCCCN1C(=O)/C(=C\c2ccc(-c3ccccc3)cc2)SC1=S. The van der Waals surface area contributed by atoms with Gasteiger partial charge in [0.2, 0.25) is 0 Å². The maximum Gasteiger partial charge on any atom is 0.266 e. The van der Waals surface area contributed by atoms with Crippen LogP contribution in [0.25, 0.3) is 17.2 Å². The number of benzene rings is 2. The third kappa shape index (κ3) is 5.30. The van der Waals surface area contributed by atoms with E-state index in [4.69, 9.17) is 12.2 Å². The van der Waals surface area contributed by atoms with E-state index in [1.165, 1.54) is 11.8 Å². The van der Waals surface area contributed by atoms with Crippen LogP contribution in [0, 0.1) is 0 Å². The molecule has 6 heteroatoms. The number of thioether (sulfide) groups is 1. The van der Waals surface area contributed by atoms with Gasteiger partial charge >= 0.3 is 0 Å². The van der Waals surface area contributed by atoms with E-state index in [0.29, 0.717) is 22.2 Å². The van der Waals surface area contributed by atoms with Gasteiger partial charge in [-0.2, -0.15) is 0 Å². The molecule has 28 heavy (non-hydrogen) atoms. The predicted octanol–water partition coefficient (Wildman–Crippen LogP) is 3.87. The molecular formula is C22H20NO3S2-. The van der Waals surface area contributed by atoms with Crippen LogP contribution in [-0.2, 0) is 9.59 Å². The van der Waals surface area contributed by atoms with Crippen molar-refractivity contribution in [2.24, 2.45) is 0 Å². The second kappa shape index (κ2) is 9.66. The quantitative estimate of drug-likeness (QED) is 0.376. The summed E-state index contributed by atoms with van der Waals surface area (Å²) in [5.41, 5.74) is 3.23. The van der Waals surface area contributed by atoms with E-state index in [1.54, 1.807) is 4.90 Å². The summed E-state index contributed by atoms with van der Waals surface area (Å²) in [5.74, 6) is -1.12. The van der Waals surface area contributed by atoms with Crippen LogP contribution in [0.1, 0.15) is 31.2 Å². The maximum absolute atomic E-state index is 12.6. The van der Waals surface area contributed by atoms with Gasteiger partial charge in [0.25, 0.3) is 5.91 Å². The second-order valence-corrected chi connectivity index (χ2v) is 8.18. The summed E-state index contributed by atoms with van der Waals surface area (Å²) >= 11 is 6.65. The summed E-state index contributed by atoms with van der Waals surface area (Å²) in [4.78, 5) is 25.3. The van der Waals surface area contributed by atoms with Crippen molar-refractivity contribution in [1.82, 2.24) is 4.90 Å². The first-order valence-corrected chi connectivity index (χ1v) is 10.4. The molecule has 0 bridgehead atoms. The van der Waals surface area contributed by atoms with Crippen LogP contribution in [0.5, 0.6) is 0 Å². The van der Waals surface area contributed by atoms with Crippen LogP contribution in [0.3, 0.4) is 0 Å². The topological polar surface area (TPSA) is 60.4 Å². The number of hydrogen-bond acceptors (Lipinski definition) is 5. The zero-order valence-corrected chi connectivity index (χ0v) is 16.9. The molecule has 1 saturated heterocycles. The average Bonchev–Trinajstić information content (AvgIpc) is 2.96. The van der Waals surface area contributed by atoms with E-state index in [1.807, 2.05) is 48.5 Å². The van der Waals surface area contributed by atoms with Gasteiger partial charge in [-0.3, -0.25) is 9.69 Å². The fourth-order valence-electron chi connectivity index (χ4n) is 2.96. The fourth-order valence-corrected chi connectivity index (χ4v) is 4.27. The van der Waals surface area contributed by atoms with E-state index >= 15 is 0 Å². The molecule has 2 aromatic carbocycles. The first-order chi connectivity index (χ1) is 13.5. The largest absolute Gasteiger partial charge is 0.550 e. The minimum atomic E-state index is -1.04. The molecule has 2 aromatic rings. The van der Waals surface area contributed by atoms with Gasteiger partial charge < -0.3 is 9.90 Å². The Morgan fingerprint density at radius 1 is 1.00 bits per heavy atom. The lowest BCUT2D eigenvalue weighted by Gasteiger charge is -2.14. The molecule has 4 nitrogen and oxygen atoms in total. The van der Waals surface area contributed by atoms with Crippen LogP contribution in [0.15, 0.2) is 59.5 Å². The van der Waals surface area contributed by atoms with Crippen molar-refractivity contribution < 1.29 is 14.7 Å². The van der Waals surface area contributed by atoms with Gasteiger partial charge in [0, 0.05) is 12.5 Å². The van der Waals surface area contributed by atoms with E-state index < -0.39 is 5.97 Å². The Bertz CT molecular complexity index is 892. The lowest BCUT2D eigenvalue weighted by Crippen LogP contribution is -2.29. The van der Waals surface area contributed by atoms with Gasteiger partial charge in [0.1, 0.15) is 4.32 Å². The molecule has 1 heterocycles. The van der Waals surface area contributed by atoms with Gasteiger partial charge in [-0.25, -0.2) is 0 Å². The molecule has 0 saturated carbocycles. The molecular weight excluding hydrogens is 390 g/mol. The molecule has 3 rings (SSSR count). The first kappa shape index (κ1) is 20.3. The van der Waals surface area contributed by atoms with E-state index in [9.17, 15) is 14.7 Å². The van der Waals surface area contributed by atoms with E-state index in [2.05, 4.69) is 12.1 Å². The molecule has 0 spiro atoms. The van der Waals surface area contributed by atoms with Gasteiger partial charge in [0.15, 0.2) is 0 Å². The van der Waals surface area contributed by atoms with Crippen molar-refractivity contribution in [2.45, 2.75) is 25.7 Å². The normalized spacial score (nSPS) is 15.4. The number of nitrogens with zero attached hydrogens (tertiary/aromatic N) is 1. The average molecular weight is 411 g/mol. The highest BCUT2D eigenvalue weighted by Crippen LogP contribution is 2.33. The summed E-state index contributed by atoms with van der Waals surface area (Å²) in [6.45, 7) is 0.516. The predicted molar refractivity (Wildman–Crippen MR) is 115 cm³/mol. The smallest absolute Gasteiger partial charge is 0.266 e. The minimum Gasteiger partial charge on any atom is -0.550 e. The Balaban J connectivity index is 1.60. The summed E-state index contributed by atoms with van der Waals surface area (Å²) in [6.07, 6.45) is 3.92. The molecule has 1 fully saturated rings. The number of unbranched alkanes of at least 4 members (excludes halogenated alkanes) is 2. The number of carboxylic acid groups (broad SMARTS) is 1.